The minimum absolute atomic E-state index is 0.0152. The van der Waals surface area contributed by atoms with E-state index in [0.717, 1.165) is 38.5 Å². The number of unbranched alkanes of at least 4 members (excludes halogenated alkanes) is 22. The fourth-order valence-electron chi connectivity index (χ4n) is 5.69. The molecule has 3 atom stereocenters. The van der Waals surface area contributed by atoms with Gasteiger partial charge in [0.1, 0.15) is 13.2 Å². The molecule has 0 saturated carbocycles. The summed E-state index contributed by atoms with van der Waals surface area (Å²) in [6, 6.07) is -0.789. The number of nitrogens with zero attached hydrogens (tertiary/aromatic N) is 1. The van der Waals surface area contributed by atoms with E-state index in [1.807, 2.05) is 21.1 Å². The lowest BCUT2D eigenvalue weighted by molar-refractivity contribution is -0.870. The number of quaternary nitrogens is 1. The van der Waals surface area contributed by atoms with E-state index in [1.54, 1.807) is 0 Å². The summed E-state index contributed by atoms with van der Waals surface area (Å²) < 4.78 is 23.1. The van der Waals surface area contributed by atoms with E-state index < -0.39 is 20.0 Å². The molecule has 0 saturated heterocycles. The van der Waals surface area contributed by atoms with Crippen molar-refractivity contribution in [1.82, 2.24) is 5.32 Å². The summed E-state index contributed by atoms with van der Waals surface area (Å²) in [4.78, 5) is 25.0. The Bertz CT molecular complexity index is 733. The molecule has 0 rings (SSSR count). The van der Waals surface area contributed by atoms with E-state index in [9.17, 15) is 19.4 Å². The van der Waals surface area contributed by atoms with Crippen molar-refractivity contribution in [3.8, 4) is 0 Å². The molecule has 0 spiro atoms. The average molecular weight is 677 g/mol. The molecule has 0 bridgehead atoms. The molecule has 1 amide bonds. The van der Waals surface area contributed by atoms with E-state index in [0.29, 0.717) is 23.9 Å². The predicted molar refractivity (Wildman–Crippen MR) is 192 cm³/mol. The monoisotopic (exact) mass is 677 g/mol. The molecule has 0 fully saturated rings. The van der Waals surface area contributed by atoms with Crippen LogP contribution in [0, 0.1) is 0 Å². The first-order valence-corrected chi connectivity index (χ1v) is 20.8. The number of likely N-dealkylation sites (N-methyl/N-ethyl adjacent to an activating group) is 1. The molecule has 0 radical (unpaired) electrons. The molecule has 46 heavy (non-hydrogen) atoms. The summed E-state index contributed by atoms with van der Waals surface area (Å²) in [5.74, 6) is -0.171. The molecule has 2 N–H and O–H groups in total. The van der Waals surface area contributed by atoms with E-state index in [1.165, 1.54) is 116 Å². The van der Waals surface area contributed by atoms with Crippen LogP contribution in [0.3, 0.4) is 0 Å². The first-order chi connectivity index (χ1) is 22.0. The number of aliphatic hydroxyl groups is 1. The molecule has 0 aromatic rings. The molecule has 3 unspecified atom stereocenters. The number of hydrogen-bond acceptors (Lipinski definition) is 6. The number of amides is 1. The van der Waals surface area contributed by atoms with Gasteiger partial charge < -0.3 is 28.8 Å². The number of hydrogen-bond donors (Lipinski definition) is 2. The number of phosphoric ester groups is 1. The van der Waals surface area contributed by atoms with Crippen LogP contribution < -0.4 is 10.2 Å². The van der Waals surface area contributed by atoms with Crippen LogP contribution in [0.15, 0.2) is 0 Å². The van der Waals surface area contributed by atoms with Crippen molar-refractivity contribution in [2.24, 2.45) is 0 Å². The van der Waals surface area contributed by atoms with Gasteiger partial charge in [0.25, 0.3) is 7.82 Å². The summed E-state index contributed by atoms with van der Waals surface area (Å²) in [6.45, 7) is 4.67. The highest BCUT2D eigenvalue weighted by Gasteiger charge is 2.24. The van der Waals surface area contributed by atoms with E-state index in [2.05, 4.69) is 19.2 Å². The van der Waals surface area contributed by atoms with Gasteiger partial charge in [-0.15, -0.1) is 0 Å². The van der Waals surface area contributed by atoms with Gasteiger partial charge in [-0.25, -0.2) is 0 Å². The van der Waals surface area contributed by atoms with Crippen molar-refractivity contribution in [2.45, 2.75) is 193 Å². The Morgan fingerprint density at radius 3 is 1.48 bits per heavy atom. The number of rotatable bonds is 35. The summed E-state index contributed by atoms with van der Waals surface area (Å²) in [5, 5.41) is 13.8. The maximum atomic E-state index is 12.7. The van der Waals surface area contributed by atoms with Crippen molar-refractivity contribution in [1.29, 1.82) is 0 Å². The van der Waals surface area contributed by atoms with E-state index in [-0.39, 0.29) is 19.1 Å². The van der Waals surface area contributed by atoms with Crippen LogP contribution in [-0.4, -0.2) is 68.5 Å². The number of phosphoric acid groups is 1. The molecule has 8 nitrogen and oxygen atoms in total. The van der Waals surface area contributed by atoms with Crippen LogP contribution in [0.1, 0.15) is 181 Å². The molecular weight excluding hydrogens is 599 g/mol. The number of carbonyl (C=O) groups excluding carboxylic acids is 1. The van der Waals surface area contributed by atoms with Crippen LogP contribution in [0.5, 0.6) is 0 Å². The Kier molecular flexibility index (Phi) is 30.2. The third kappa shape index (κ3) is 32.1. The highest BCUT2D eigenvalue weighted by atomic mass is 31.2. The van der Waals surface area contributed by atoms with Crippen molar-refractivity contribution < 1.29 is 32.9 Å². The molecule has 0 aliphatic heterocycles. The minimum Gasteiger partial charge on any atom is -0.756 e. The Hall–Kier alpha value is -0.500. The number of nitrogens with one attached hydrogen (secondary N) is 1. The molecule has 0 aliphatic rings. The van der Waals surface area contributed by atoms with Crippen LogP contribution in [0.25, 0.3) is 0 Å². The second-order valence-electron chi connectivity index (χ2n) is 14.6. The lowest BCUT2D eigenvalue weighted by Gasteiger charge is -2.30. The van der Waals surface area contributed by atoms with Gasteiger partial charge >= 0.3 is 0 Å². The molecule has 276 valence electrons. The predicted octanol–water partition coefficient (Wildman–Crippen LogP) is 9.22. The van der Waals surface area contributed by atoms with Gasteiger partial charge in [0, 0.05) is 6.42 Å². The lowest BCUT2D eigenvalue weighted by Crippen LogP contribution is -2.46. The highest BCUT2D eigenvalue weighted by molar-refractivity contribution is 7.45. The fraction of sp³-hybridized carbons (Fsp3) is 0.973. The second kappa shape index (κ2) is 30.6. The SMILES string of the molecule is CCCCCCCCCCCCCCCCCCCC(O)C(COP(=O)([O-])OCC[N+](C)(C)C)NC(=O)CCCCCCCCC. The zero-order chi connectivity index (χ0) is 34.4. The highest BCUT2D eigenvalue weighted by Crippen LogP contribution is 2.38. The quantitative estimate of drug-likeness (QED) is 0.0394. The lowest BCUT2D eigenvalue weighted by atomic mass is 10.0. The normalized spacial score (nSPS) is 14.7. The molecular formula is C37H77N2O6P. The molecule has 0 aromatic heterocycles. The van der Waals surface area contributed by atoms with Crippen LogP contribution in [0.2, 0.25) is 0 Å². The number of aliphatic hydroxyl groups excluding tert-OH is 1. The van der Waals surface area contributed by atoms with E-state index >= 15 is 0 Å². The first kappa shape index (κ1) is 45.5. The van der Waals surface area contributed by atoms with Gasteiger partial charge in [-0.05, 0) is 12.8 Å². The zero-order valence-corrected chi connectivity index (χ0v) is 31.9. The largest absolute Gasteiger partial charge is 0.756 e. The summed E-state index contributed by atoms with van der Waals surface area (Å²) in [5.41, 5.74) is 0. The molecule has 9 heteroatoms. The third-order valence-corrected chi connectivity index (χ3v) is 9.81. The van der Waals surface area contributed by atoms with Crippen LogP contribution >= 0.6 is 7.82 Å². The average Bonchev–Trinajstić information content (AvgIpc) is 2.99. The Labute approximate surface area is 285 Å². The Morgan fingerprint density at radius 1 is 0.674 bits per heavy atom. The van der Waals surface area contributed by atoms with Gasteiger partial charge in [0.05, 0.1) is 39.9 Å². The smallest absolute Gasteiger partial charge is 0.268 e. The summed E-state index contributed by atoms with van der Waals surface area (Å²) in [7, 11) is 1.31. The topological polar surface area (TPSA) is 108 Å². The molecule has 0 heterocycles. The zero-order valence-electron chi connectivity index (χ0n) is 31.0. The van der Waals surface area contributed by atoms with Gasteiger partial charge in [0.2, 0.25) is 5.91 Å². The summed E-state index contributed by atoms with van der Waals surface area (Å²) >= 11 is 0. The number of carbonyl (C=O) groups is 1. The van der Waals surface area contributed by atoms with Crippen LogP contribution in [0.4, 0.5) is 0 Å². The maximum absolute atomic E-state index is 12.7. The van der Waals surface area contributed by atoms with Gasteiger partial charge in [-0.2, -0.15) is 0 Å². The van der Waals surface area contributed by atoms with Crippen molar-refractivity contribution in [3.05, 3.63) is 0 Å². The van der Waals surface area contributed by atoms with Crippen molar-refractivity contribution >= 4 is 13.7 Å². The van der Waals surface area contributed by atoms with Crippen molar-refractivity contribution in [3.63, 3.8) is 0 Å². The fourth-order valence-corrected chi connectivity index (χ4v) is 6.41. The van der Waals surface area contributed by atoms with E-state index in [4.69, 9.17) is 9.05 Å². The molecule has 0 aromatic carbocycles. The second-order valence-corrected chi connectivity index (χ2v) is 16.1. The maximum Gasteiger partial charge on any atom is 0.268 e. The van der Waals surface area contributed by atoms with Gasteiger partial charge in [0.15, 0.2) is 0 Å². The van der Waals surface area contributed by atoms with Crippen molar-refractivity contribution in [2.75, 3.05) is 40.9 Å². The third-order valence-electron chi connectivity index (χ3n) is 8.85. The summed E-state index contributed by atoms with van der Waals surface area (Å²) in [6.07, 6.45) is 29.7. The standard InChI is InChI=1S/C37H77N2O6P/c1-6-8-10-12-14-15-16-17-18-19-20-21-22-23-25-26-28-30-36(40)35(34-45-46(42,43)44-33-32-39(3,4)5)38-37(41)31-29-27-24-13-11-9-7-2/h35-36,40H,6-34H2,1-5H3,(H-,38,41,42,43). The van der Waals surface area contributed by atoms with Gasteiger partial charge in [-0.1, -0.05) is 162 Å². The minimum atomic E-state index is -4.54. The molecule has 0 aliphatic carbocycles. The Morgan fingerprint density at radius 2 is 1.07 bits per heavy atom. The van der Waals surface area contributed by atoms with Crippen LogP contribution in [-0.2, 0) is 18.4 Å². The van der Waals surface area contributed by atoms with Gasteiger partial charge in [-0.3, -0.25) is 9.36 Å². The first-order valence-electron chi connectivity index (χ1n) is 19.4. The Balaban J connectivity index is 4.31.